The van der Waals surface area contributed by atoms with Gasteiger partial charge >= 0.3 is 6.18 Å². The monoisotopic (exact) mass is 490 g/mol. The van der Waals surface area contributed by atoms with Crippen LogP contribution in [-0.2, 0) is 19.8 Å². The largest absolute Gasteiger partial charge is 0.503 e. The molecule has 190 valence electrons. The van der Waals surface area contributed by atoms with Crippen molar-refractivity contribution in [1.29, 1.82) is 0 Å². The van der Waals surface area contributed by atoms with E-state index in [4.69, 9.17) is 0 Å². The Morgan fingerprint density at radius 1 is 1.00 bits per heavy atom. The number of alkyl halides is 3. The van der Waals surface area contributed by atoms with E-state index in [1.165, 1.54) is 18.3 Å². The van der Waals surface area contributed by atoms with Gasteiger partial charge < -0.3 is 20.3 Å². The summed E-state index contributed by atoms with van der Waals surface area (Å²) in [4.78, 5) is 15.8. The van der Waals surface area contributed by atoms with Crippen LogP contribution in [0.2, 0.25) is 0 Å². The minimum absolute atomic E-state index is 0.190. The van der Waals surface area contributed by atoms with E-state index in [0.717, 1.165) is 75.1 Å². The predicted octanol–water partition coefficient (Wildman–Crippen LogP) is 5.51. The Labute approximate surface area is 203 Å². The summed E-state index contributed by atoms with van der Waals surface area (Å²) in [6.45, 7) is 3.85. The van der Waals surface area contributed by atoms with Crippen LogP contribution in [0.5, 0.6) is 5.75 Å². The van der Waals surface area contributed by atoms with E-state index in [9.17, 15) is 23.1 Å². The number of hydrogen-bond acceptors (Lipinski definition) is 5. The summed E-state index contributed by atoms with van der Waals surface area (Å²) in [5, 5.41) is 17.3. The van der Waals surface area contributed by atoms with Crippen LogP contribution < -0.4 is 16.1 Å². The zero-order valence-corrected chi connectivity index (χ0v) is 20.2. The minimum Gasteiger partial charge on any atom is -0.503 e. The molecule has 0 saturated carbocycles. The standard InChI is InChI=1S/C26H33F3N4O2/c1-18-15-24(34)25(35)23(33(18)2)17-30-12-7-5-3-4-6-8-13-31-21-11-14-32-22-16-19(26(27,28)29)9-10-20(21)22/h9-11,14-16,30,35H,3-8,12-13,17H2,1-2H3,(H,31,32). The third kappa shape index (κ3) is 7.21. The van der Waals surface area contributed by atoms with Gasteiger partial charge in [0.2, 0.25) is 5.43 Å². The Hall–Kier alpha value is -3.07. The number of anilines is 1. The van der Waals surface area contributed by atoms with Gasteiger partial charge in [-0.05, 0) is 44.5 Å². The molecular formula is C26H33F3N4O2. The molecule has 3 N–H and O–H groups in total. The zero-order chi connectivity index (χ0) is 25.4. The maximum Gasteiger partial charge on any atom is 0.416 e. The number of nitrogens with one attached hydrogen (secondary N) is 2. The molecule has 0 atom stereocenters. The molecule has 3 rings (SSSR count). The lowest BCUT2D eigenvalue weighted by Gasteiger charge is -2.14. The van der Waals surface area contributed by atoms with Crippen LogP contribution in [-0.4, -0.2) is 27.7 Å². The highest BCUT2D eigenvalue weighted by atomic mass is 19.4. The van der Waals surface area contributed by atoms with Gasteiger partial charge in [0.25, 0.3) is 0 Å². The number of hydrogen-bond donors (Lipinski definition) is 3. The maximum atomic E-state index is 12.9. The number of aromatic nitrogens is 2. The summed E-state index contributed by atoms with van der Waals surface area (Å²) in [5.41, 5.74) is 1.51. The van der Waals surface area contributed by atoms with Gasteiger partial charge in [-0.2, -0.15) is 13.2 Å². The van der Waals surface area contributed by atoms with E-state index >= 15 is 0 Å². The number of halogens is 3. The third-order valence-electron chi connectivity index (χ3n) is 6.24. The van der Waals surface area contributed by atoms with Crippen molar-refractivity contribution in [1.82, 2.24) is 14.9 Å². The summed E-state index contributed by atoms with van der Waals surface area (Å²) >= 11 is 0. The summed E-state index contributed by atoms with van der Waals surface area (Å²) in [7, 11) is 1.83. The van der Waals surface area contributed by atoms with Gasteiger partial charge in [0, 0.05) is 49.2 Å². The lowest BCUT2D eigenvalue weighted by atomic mass is 10.1. The molecule has 6 nitrogen and oxygen atoms in total. The maximum absolute atomic E-state index is 12.9. The SMILES string of the molecule is Cc1cc(=O)c(O)c(CNCCCCCCCCNc2ccnc3cc(C(F)(F)F)ccc23)n1C. The van der Waals surface area contributed by atoms with Gasteiger partial charge in [0.05, 0.1) is 16.8 Å². The van der Waals surface area contributed by atoms with Crippen molar-refractivity contribution in [2.24, 2.45) is 7.05 Å². The molecule has 0 unspecified atom stereocenters. The van der Waals surface area contributed by atoms with Crippen LogP contribution in [0.1, 0.15) is 55.5 Å². The molecule has 1 aromatic carbocycles. The molecule has 2 aromatic heterocycles. The van der Waals surface area contributed by atoms with Gasteiger partial charge in [-0.1, -0.05) is 31.7 Å². The molecule has 0 aliphatic heterocycles. The topological polar surface area (TPSA) is 79.2 Å². The third-order valence-corrected chi connectivity index (χ3v) is 6.24. The lowest BCUT2D eigenvalue weighted by molar-refractivity contribution is -0.137. The molecule has 0 spiro atoms. The fourth-order valence-electron chi connectivity index (χ4n) is 4.06. The van der Waals surface area contributed by atoms with E-state index in [-0.39, 0.29) is 11.2 Å². The molecule has 3 aromatic rings. The van der Waals surface area contributed by atoms with Crippen molar-refractivity contribution in [3.8, 4) is 5.75 Å². The van der Waals surface area contributed by atoms with Gasteiger partial charge in [-0.15, -0.1) is 0 Å². The molecule has 0 fully saturated rings. The fourth-order valence-corrected chi connectivity index (χ4v) is 4.06. The van der Waals surface area contributed by atoms with E-state index in [1.54, 1.807) is 6.07 Å². The summed E-state index contributed by atoms with van der Waals surface area (Å²) in [5.74, 6) is -0.190. The molecular weight excluding hydrogens is 457 g/mol. The highest BCUT2D eigenvalue weighted by molar-refractivity contribution is 5.91. The number of fused-ring (bicyclic) bond motifs is 1. The van der Waals surface area contributed by atoms with Crippen molar-refractivity contribution >= 4 is 16.6 Å². The number of unbranched alkanes of at least 4 members (excludes halogenated alkanes) is 5. The second-order valence-corrected chi connectivity index (χ2v) is 8.82. The number of nitrogens with zero attached hydrogens (tertiary/aromatic N) is 2. The number of aromatic hydroxyl groups is 1. The Bertz CT molecular complexity index is 1190. The molecule has 0 radical (unpaired) electrons. The van der Waals surface area contributed by atoms with Crippen LogP contribution in [0.25, 0.3) is 10.9 Å². The van der Waals surface area contributed by atoms with Crippen molar-refractivity contribution in [2.45, 2.75) is 58.2 Å². The minimum atomic E-state index is -4.38. The average Bonchev–Trinajstić information content (AvgIpc) is 2.82. The Morgan fingerprint density at radius 3 is 2.40 bits per heavy atom. The first-order valence-electron chi connectivity index (χ1n) is 12.0. The van der Waals surface area contributed by atoms with Crippen LogP contribution in [0.15, 0.2) is 41.3 Å². The fraction of sp³-hybridized carbons (Fsp3) is 0.462. The van der Waals surface area contributed by atoms with Crippen LogP contribution in [0, 0.1) is 6.92 Å². The Kier molecular flexibility index (Phi) is 9.14. The number of pyridine rings is 2. The summed E-state index contributed by atoms with van der Waals surface area (Å²) in [6, 6.07) is 6.87. The molecule has 0 bridgehead atoms. The van der Waals surface area contributed by atoms with Crippen LogP contribution >= 0.6 is 0 Å². The van der Waals surface area contributed by atoms with Gasteiger partial charge in [-0.3, -0.25) is 9.78 Å². The smallest absolute Gasteiger partial charge is 0.416 e. The van der Waals surface area contributed by atoms with Crippen LogP contribution in [0.4, 0.5) is 18.9 Å². The normalized spacial score (nSPS) is 11.8. The van der Waals surface area contributed by atoms with Crippen molar-refractivity contribution < 1.29 is 18.3 Å². The molecule has 9 heteroatoms. The Balaban J connectivity index is 1.30. The summed E-state index contributed by atoms with van der Waals surface area (Å²) < 4.78 is 40.6. The molecule has 2 heterocycles. The number of rotatable bonds is 12. The summed E-state index contributed by atoms with van der Waals surface area (Å²) in [6.07, 6.45) is 3.54. The second kappa shape index (κ2) is 12.1. The van der Waals surface area contributed by atoms with Gasteiger partial charge in [0.1, 0.15) is 0 Å². The van der Waals surface area contributed by atoms with E-state index in [2.05, 4.69) is 15.6 Å². The van der Waals surface area contributed by atoms with Gasteiger partial charge in [-0.25, -0.2) is 0 Å². The first-order valence-corrected chi connectivity index (χ1v) is 12.0. The first-order chi connectivity index (χ1) is 16.7. The quantitative estimate of drug-likeness (QED) is 0.292. The zero-order valence-electron chi connectivity index (χ0n) is 20.2. The molecule has 0 aliphatic carbocycles. The van der Waals surface area contributed by atoms with Crippen LogP contribution in [0.3, 0.4) is 0 Å². The Morgan fingerprint density at radius 2 is 1.69 bits per heavy atom. The van der Waals surface area contributed by atoms with E-state index in [0.29, 0.717) is 23.1 Å². The second-order valence-electron chi connectivity index (χ2n) is 8.82. The lowest BCUT2D eigenvalue weighted by Crippen LogP contribution is -2.21. The van der Waals surface area contributed by atoms with Crippen molar-refractivity contribution in [2.75, 3.05) is 18.4 Å². The highest BCUT2D eigenvalue weighted by Crippen LogP contribution is 2.32. The average molecular weight is 491 g/mol. The number of benzene rings is 1. The molecule has 0 amide bonds. The number of aryl methyl sites for hydroxylation is 1. The van der Waals surface area contributed by atoms with E-state index < -0.39 is 11.7 Å². The van der Waals surface area contributed by atoms with Gasteiger partial charge in [0.15, 0.2) is 5.75 Å². The van der Waals surface area contributed by atoms with E-state index in [1.807, 2.05) is 18.5 Å². The first kappa shape index (κ1) is 26.5. The van der Waals surface area contributed by atoms with Crippen molar-refractivity contribution in [3.05, 3.63) is 63.7 Å². The van der Waals surface area contributed by atoms with Crippen molar-refractivity contribution in [3.63, 3.8) is 0 Å². The molecule has 0 saturated heterocycles. The molecule has 35 heavy (non-hydrogen) atoms. The highest BCUT2D eigenvalue weighted by Gasteiger charge is 2.30. The predicted molar refractivity (Wildman–Crippen MR) is 133 cm³/mol. The molecule has 0 aliphatic rings.